The number of nitrogens with zero attached hydrogens (tertiary/aromatic N) is 2. The van der Waals surface area contributed by atoms with Crippen molar-refractivity contribution in [3.63, 3.8) is 0 Å². The van der Waals surface area contributed by atoms with Crippen LogP contribution in [0.5, 0.6) is 0 Å². The van der Waals surface area contributed by atoms with Crippen molar-refractivity contribution >= 4 is 34.8 Å². The highest BCUT2D eigenvalue weighted by Crippen LogP contribution is 2.41. The molecule has 3 N–H and O–H groups in total. The first-order valence-corrected chi connectivity index (χ1v) is 13.4. The van der Waals surface area contributed by atoms with Gasteiger partial charge in [0, 0.05) is 39.3 Å². The fourth-order valence-corrected chi connectivity index (χ4v) is 4.50. The summed E-state index contributed by atoms with van der Waals surface area (Å²) in [4.78, 5) is 24.4. The highest BCUT2D eigenvalue weighted by atomic mass is 32.2. The van der Waals surface area contributed by atoms with E-state index in [1.165, 1.54) is 7.11 Å². The van der Waals surface area contributed by atoms with Gasteiger partial charge < -0.3 is 15.8 Å². The van der Waals surface area contributed by atoms with Crippen LogP contribution in [0.4, 0.5) is 11.4 Å². The molecule has 1 aromatic heterocycles. The molecule has 1 aliphatic heterocycles. The molecule has 0 unspecified atom stereocenters. The summed E-state index contributed by atoms with van der Waals surface area (Å²) >= 11 is 1.65. The summed E-state index contributed by atoms with van der Waals surface area (Å²) in [5, 5.41) is 2.97. The number of carbonyl (C=O) groups is 1. The fourth-order valence-electron chi connectivity index (χ4n) is 3.50. The molecule has 0 saturated carbocycles. The predicted molar refractivity (Wildman–Crippen MR) is 167 cm³/mol. The lowest BCUT2D eigenvalue weighted by Gasteiger charge is -2.08. The van der Waals surface area contributed by atoms with Crippen molar-refractivity contribution in [1.82, 2.24) is 10.3 Å². The zero-order valence-electron chi connectivity index (χ0n) is 23.1. The number of nitrogens with one attached hydrogen (secondary N) is 1. The van der Waals surface area contributed by atoms with Crippen LogP contribution in [0, 0.1) is 12.5 Å². The first-order valence-electron chi connectivity index (χ1n) is 12.6. The Labute approximate surface area is 241 Å². The SMILES string of the molecule is C#COC.C=C.CC.Nc1ccc(CNC(=O)c2ccc3c(c2)N=C(c2ccccn2)c2ccccc2S3)cc1. The molecule has 0 spiro atoms. The van der Waals surface area contributed by atoms with Crippen molar-refractivity contribution in [2.75, 3.05) is 12.8 Å². The van der Waals surface area contributed by atoms with Gasteiger partial charge in [0.05, 0.1) is 24.2 Å². The number of hydrogen-bond acceptors (Lipinski definition) is 6. The smallest absolute Gasteiger partial charge is 0.251 e. The third-order valence-electron chi connectivity index (χ3n) is 5.27. The van der Waals surface area contributed by atoms with Gasteiger partial charge in [-0.3, -0.25) is 9.78 Å². The molecule has 2 heterocycles. The van der Waals surface area contributed by atoms with Crippen molar-refractivity contribution in [2.24, 2.45) is 4.99 Å². The molecule has 3 aromatic carbocycles. The third-order valence-corrected chi connectivity index (χ3v) is 6.41. The highest BCUT2D eigenvalue weighted by molar-refractivity contribution is 7.99. The maximum Gasteiger partial charge on any atom is 0.251 e. The Morgan fingerprint density at radius 3 is 2.33 bits per heavy atom. The van der Waals surface area contributed by atoms with E-state index in [1.807, 2.05) is 92.8 Å². The molecule has 4 aromatic rings. The van der Waals surface area contributed by atoms with Gasteiger partial charge in [-0.1, -0.05) is 68.4 Å². The second-order valence-electron chi connectivity index (χ2n) is 7.70. The molecule has 5 rings (SSSR count). The summed E-state index contributed by atoms with van der Waals surface area (Å²) < 4.78 is 4.07. The van der Waals surface area contributed by atoms with E-state index < -0.39 is 0 Å². The number of carbonyl (C=O) groups excluding carboxylic acids is 1. The van der Waals surface area contributed by atoms with E-state index in [4.69, 9.17) is 10.7 Å². The Morgan fingerprint density at radius 1 is 1.00 bits per heavy atom. The van der Waals surface area contributed by atoms with E-state index in [-0.39, 0.29) is 5.91 Å². The van der Waals surface area contributed by atoms with Gasteiger partial charge >= 0.3 is 0 Å². The van der Waals surface area contributed by atoms with Crippen LogP contribution in [0.25, 0.3) is 0 Å². The number of aliphatic imine (C=N–C) groups is 1. The van der Waals surface area contributed by atoms with Crippen LogP contribution in [-0.4, -0.2) is 23.7 Å². The maximum absolute atomic E-state index is 12.8. The molecule has 0 radical (unpaired) electrons. The number of terminal acetylenes is 1. The second kappa shape index (κ2) is 16.9. The molecule has 40 heavy (non-hydrogen) atoms. The average Bonchev–Trinajstić information content (AvgIpc) is 3.19. The van der Waals surface area contributed by atoms with Crippen LogP contribution in [0.2, 0.25) is 0 Å². The normalized spacial score (nSPS) is 10.4. The predicted octanol–water partition coefficient (Wildman–Crippen LogP) is 7.28. The number of amides is 1. The summed E-state index contributed by atoms with van der Waals surface area (Å²) in [6.07, 6.45) is 8.25. The van der Waals surface area contributed by atoms with E-state index in [0.717, 1.165) is 38.0 Å². The first kappa shape index (κ1) is 31.4. The van der Waals surface area contributed by atoms with Crippen LogP contribution in [-0.2, 0) is 11.3 Å². The van der Waals surface area contributed by atoms with Crippen LogP contribution >= 0.6 is 11.8 Å². The summed E-state index contributed by atoms with van der Waals surface area (Å²) in [7, 11) is 1.44. The monoisotopic (exact) mass is 550 g/mol. The van der Waals surface area contributed by atoms with Gasteiger partial charge in [0.15, 0.2) is 0 Å². The minimum absolute atomic E-state index is 0.147. The van der Waals surface area contributed by atoms with Gasteiger partial charge in [0.2, 0.25) is 0 Å². The number of fused-ring (bicyclic) bond motifs is 2. The number of benzene rings is 3. The summed E-state index contributed by atoms with van der Waals surface area (Å²) in [6.45, 7) is 10.4. The molecule has 0 saturated heterocycles. The van der Waals surface area contributed by atoms with Crippen molar-refractivity contribution in [1.29, 1.82) is 0 Å². The largest absolute Gasteiger partial charge is 0.450 e. The molecule has 7 heteroatoms. The number of hydrogen-bond donors (Lipinski definition) is 2. The van der Waals surface area contributed by atoms with Crippen LogP contribution < -0.4 is 11.1 Å². The Kier molecular flexibility index (Phi) is 13.3. The van der Waals surface area contributed by atoms with Crippen molar-refractivity contribution < 1.29 is 9.53 Å². The number of pyridine rings is 1. The molecule has 0 fully saturated rings. The van der Waals surface area contributed by atoms with Gasteiger partial charge in [-0.05, 0) is 54.1 Å². The summed E-state index contributed by atoms with van der Waals surface area (Å²) in [5.41, 5.74) is 11.4. The van der Waals surface area contributed by atoms with E-state index in [0.29, 0.717) is 17.8 Å². The zero-order chi connectivity index (χ0) is 29.3. The fraction of sp³-hybridized carbons (Fsp3) is 0.121. The number of methoxy groups -OCH3 is 1. The van der Waals surface area contributed by atoms with E-state index in [1.54, 1.807) is 18.0 Å². The van der Waals surface area contributed by atoms with E-state index >= 15 is 0 Å². The number of aromatic nitrogens is 1. The topological polar surface area (TPSA) is 89.6 Å². The molecular weight excluding hydrogens is 516 g/mol. The van der Waals surface area contributed by atoms with Gasteiger partial charge in [-0.2, -0.15) is 0 Å². The third kappa shape index (κ3) is 8.62. The molecule has 1 amide bonds. The van der Waals surface area contributed by atoms with Gasteiger partial charge in [0.25, 0.3) is 5.91 Å². The van der Waals surface area contributed by atoms with Crippen LogP contribution in [0.3, 0.4) is 0 Å². The first-order chi connectivity index (χ1) is 19.6. The molecule has 0 aliphatic carbocycles. The van der Waals surface area contributed by atoms with Gasteiger partial charge in [-0.25, -0.2) is 4.99 Å². The van der Waals surface area contributed by atoms with Crippen molar-refractivity contribution in [2.45, 2.75) is 30.2 Å². The van der Waals surface area contributed by atoms with Crippen LogP contribution in [0.1, 0.15) is 41.0 Å². The molecule has 204 valence electrons. The zero-order valence-corrected chi connectivity index (χ0v) is 23.9. The summed E-state index contributed by atoms with van der Waals surface area (Å²) in [6, 6.07) is 27.1. The van der Waals surface area contributed by atoms with Gasteiger partial charge in [0.1, 0.15) is 6.11 Å². The lowest BCUT2D eigenvalue weighted by molar-refractivity contribution is 0.0951. The number of rotatable bonds is 4. The molecule has 0 bridgehead atoms. The Balaban J connectivity index is 0.000000634. The standard InChI is InChI=1S/C26H20N4OS.C3H4O.C2H6.C2H4/c27-19-11-8-17(9-12-19)16-29-26(31)18-10-13-24-22(15-18)30-25(21-6-3-4-14-28-21)20-5-1-2-7-23(20)32-24;1-3-4-2;2*1-2/h1-15H,16,27H2,(H,29,31);1H,2H3;1-2H3;1-2H2. The van der Waals surface area contributed by atoms with Crippen LogP contribution in [0.15, 0.2) is 119 Å². The minimum Gasteiger partial charge on any atom is -0.450 e. The average molecular weight is 551 g/mol. The minimum atomic E-state index is -0.147. The molecular formula is C33H34N4O2S. The number of nitrogens with two attached hydrogens (primary N) is 1. The Morgan fingerprint density at radius 2 is 1.68 bits per heavy atom. The van der Waals surface area contributed by atoms with E-state index in [9.17, 15) is 4.79 Å². The van der Waals surface area contributed by atoms with Crippen molar-refractivity contribution in [3.05, 3.63) is 127 Å². The van der Waals surface area contributed by atoms with E-state index in [2.05, 4.69) is 46.8 Å². The molecule has 1 aliphatic rings. The maximum atomic E-state index is 12.8. The second-order valence-corrected chi connectivity index (χ2v) is 8.79. The lowest BCUT2D eigenvalue weighted by Crippen LogP contribution is -2.22. The Bertz CT molecular complexity index is 1450. The number of anilines is 1. The van der Waals surface area contributed by atoms with Gasteiger partial charge in [-0.15, -0.1) is 13.2 Å². The van der Waals surface area contributed by atoms with Crippen molar-refractivity contribution in [3.8, 4) is 12.5 Å². The lowest BCUT2D eigenvalue weighted by atomic mass is 10.1. The molecule has 6 nitrogen and oxygen atoms in total. The number of ether oxygens (including phenoxy) is 1. The number of nitrogen functional groups attached to an aromatic ring is 1. The Hall–Kier alpha value is -4.80. The molecule has 0 atom stereocenters. The quantitative estimate of drug-likeness (QED) is 0.139. The highest BCUT2D eigenvalue weighted by Gasteiger charge is 2.20. The summed E-state index contributed by atoms with van der Waals surface area (Å²) in [5.74, 6) is -0.147.